The number of anilines is 2. The first kappa shape index (κ1) is 21.2. The van der Waals surface area contributed by atoms with Crippen LogP contribution in [0, 0.1) is 5.41 Å². The first-order chi connectivity index (χ1) is 15.0. The Morgan fingerprint density at radius 1 is 1.39 bits per heavy atom. The van der Waals surface area contributed by atoms with Gasteiger partial charge in [0.2, 0.25) is 0 Å². The summed E-state index contributed by atoms with van der Waals surface area (Å²) >= 11 is 0. The van der Waals surface area contributed by atoms with Gasteiger partial charge >= 0.3 is 0 Å². The van der Waals surface area contributed by atoms with Crippen LogP contribution in [0.25, 0.3) is 11.2 Å². The third kappa shape index (κ3) is 4.84. The summed E-state index contributed by atoms with van der Waals surface area (Å²) in [6.07, 6.45) is 15.3. The van der Waals surface area contributed by atoms with Crippen molar-refractivity contribution in [1.82, 2.24) is 24.7 Å². The van der Waals surface area contributed by atoms with Gasteiger partial charge in [-0.2, -0.15) is 0 Å². The number of allylic oxidation sites excluding steroid dienone is 1. The summed E-state index contributed by atoms with van der Waals surface area (Å²) in [6.45, 7) is 2.73. The van der Waals surface area contributed by atoms with Gasteiger partial charge in [0.05, 0.1) is 18.4 Å². The molecule has 1 aliphatic rings. The SMILES string of the molecule is CP(CN/C=C(\C=N)c1cnc(N)c(N(N)Cc2ccc3nccn3c2)n1)C1CCC1. The summed E-state index contributed by atoms with van der Waals surface area (Å²) in [5, 5.41) is 12.6. The summed E-state index contributed by atoms with van der Waals surface area (Å²) in [7, 11) is -0.0405. The lowest BCUT2D eigenvalue weighted by Crippen LogP contribution is -2.32. The van der Waals surface area contributed by atoms with Crippen molar-refractivity contribution in [3.8, 4) is 0 Å². The molecule has 3 aromatic rings. The van der Waals surface area contributed by atoms with Gasteiger partial charge in [-0.05, 0) is 36.8 Å². The van der Waals surface area contributed by atoms with E-state index in [0.29, 0.717) is 23.6 Å². The third-order valence-electron chi connectivity index (χ3n) is 5.60. The molecule has 1 unspecified atom stereocenters. The molecule has 0 radical (unpaired) electrons. The molecule has 0 aromatic carbocycles. The van der Waals surface area contributed by atoms with Crippen molar-refractivity contribution in [2.75, 3.05) is 23.7 Å². The van der Waals surface area contributed by atoms with E-state index in [9.17, 15) is 0 Å². The normalized spacial score (nSPS) is 15.5. The van der Waals surface area contributed by atoms with Gasteiger partial charge in [0.25, 0.3) is 0 Å². The highest BCUT2D eigenvalue weighted by molar-refractivity contribution is 7.57. The van der Waals surface area contributed by atoms with E-state index >= 15 is 0 Å². The molecule has 0 aliphatic heterocycles. The predicted octanol–water partition coefficient (Wildman–Crippen LogP) is 2.79. The fourth-order valence-corrected chi connectivity index (χ4v) is 5.40. The maximum absolute atomic E-state index is 7.81. The second-order valence-electron chi connectivity index (χ2n) is 7.77. The average Bonchev–Trinajstić information content (AvgIpc) is 3.18. The molecule has 4 rings (SSSR count). The number of nitrogens with one attached hydrogen (secondary N) is 2. The minimum atomic E-state index is -0.0405. The molecule has 0 amide bonds. The summed E-state index contributed by atoms with van der Waals surface area (Å²) in [5.74, 6) is 6.91. The molecule has 3 aromatic heterocycles. The monoisotopic (exact) mass is 437 g/mol. The van der Waals surface area contributed by atoms with Crippen LogP contribution in [-0.4, -0.2) is 44.2 Å². The number of hydrogen-bond acceptors (Lipinski definition) is 8. The van der Waals surface area contributed by atoms with Crippen molar-refractivity contribution >= 4 is 37.0 Å². The van der Waals surface area contributed by atoms with Crippen molar-refractivity contribution in [1.29, 1.82) is 5.41 Å². The molecule has 1 saturated carbocycles. The van der Waals surface area contributed by atoms with Crippen LogP contribution in [0.1, 0.15) is 30.5 Å². The molecule has 0 saturated heterocycles. The molecule has 1 fully saturated rings. The molecule has 6 N–H and O–H groups in total. The Bertz CT molecular complexity index is 1090. The van der Waals surface area contributed by atoms with E-state index in [0.717, 1.165) is 23.2 Å². The van der Waals surface area contributed by atoms with Crippen LogP contribution < -0.4 is 21.9 Å². The van der Waals surface area contributed by atoms with E-state index in [2.05, 4.69) is 26.9 Å². The van der Waals surface area contributed by atoms with Gasteiger partial charge in [-0.25, -0.2) is 20.8 Å². The summed E-state index contributed by atoms with van der Waals surface area (Å²) in [6, 6.07) is 3.90. The van der Waals surface area contributed by atoms with E-state index in [1.54, 1.807) is 12.4 Å². The number of nitrogens with two attached hydrogens (primary N) is 2. The zero-order valence-corrected chi connectivity index (χ0v) is 18.5. The second kappa shape index (κ2) is 9.41. The standard InChI is InChI=1S/C21H28N9P/c1-31(17-3-2-4-17)14-25-10-16(9-22)18-11-27-20(23)21(28-18)30(24)13-15-5-6-19-26-7-8-29(19)12-15/h5-12,17,22,25H,2-4,13-14,24H2,1H3,(H2,23,27)/b16-10+,22-9?. The summed E-state index contributed by atoms with van der Waals surface area (Å²) in [5.41, 5.74) is 9.97. The molecule has 162 valence electrons. The Morgan fingerprint density at radius 2 is 2.23 bits per heavy atom. The Labute approximate surface area is 182 Å². The Kier molecular flexibility index (Phi) is 6.44. The minimum Gasteiger partial charge on any atom is -0.386 e. The fourth-order valence-electron chi connectivity index (χ4n) is 3.52. The zero-order valence-electron chi connectivity index (χ0n) is 17.6. The maximum atomic E-state index is 7.81. The van der Waals surface area contributed by atoms with Gasteiger partial charge in [0, 0.05) is 42.9 Å². The largest absolute Gasteiger partial charge is 0.386 e. The molecule has 0 spiro atoms. The highest BCUT2D eigenvalue weighted by Crippen LogP contribution is 2.46. The number of imidazole rings is 1. The molecular weight excluding hydrogens is 409 g/mol. The number of fused-ring (bicyclic) bond motifs is 1. The van der Waals surface area contributed by atoms with Gasteiger partial charge in [-0.1, -0.05) is 20.4 Å². The van der Waals surface area contributed by atoms with Gasteiger partial charge in [0.15, 0.2) is 11.6 Å². The molecule has 0 bridgehead atoms. The number of hydrogen-bond donors (Lipinski definition) is 4. The molecule has 1 atom stereocenters. The van der Waals surface area contributed by atoms with Crippen molar-refractivity contribution < 1.29 is 0 Å². The molecule has 3 heterocycles. The van der Waals surface area contributed by atoms with Gasteiger partial charge in [0.1, 0.15) is 5.65 Å². The van der Waals surface area contributed by atoms with E-state index in [-0.39, 0.29) is 13.7 Å². The molecule has 31 heavy (non-hydrogen) atoms. The Balaban J connectivity index is 1.47. The van der Waals surface area contributed by atoms with E-state index in [4.69, 9.17) is 17.0 Å². The highest BCUT2D eigenvalue weighted by atomic mass is 31.1. The Hall–Kier alpha value is -3.03. The fraction of sp³-hybridized carbons (Fsp3) is 0.333. The van der Waals surface area contributed by atoms with Crippen molar-refractivity contribution in [2.45, 2.75) is 31.5 Å². The number of pyridine rings is 1. The zero-order chi connectivity index (χ0) is 21.8. The first-order valence-electron chi connectivity index (χ1n) is 10.3. The van der Waals surface area contributed by atoms with Crippen molar-refractivity contribution in [3.05, 3.63) is 54.4 Å². The molecular formula is C21H28N9P. The lowest BCUT2D eigenvalue weighted by atomic mass is 10.00. The third-order valence-corrected chi connectivity index (χ3v) is 8.05. The lowest BCUT2D eigenvalue weighted by Gasteiger charge is -2.31. The number of aromatic nitrogens is 4. The van der Waals surface area contributed by atoms with E-state index in [1.807, 2.05) is 35.1 Å². The van der Waals surface area contributed by atoms with Crippen LogP contribution in [0.3, 0.4) is 0 Å². The Morgan fingerprint density at radius 3 is 2.97 bits per heavy atom. The first-order valence-corrected chi connectivity index (χ1v) is 12.3. The number of hydrazine groups is 1. The van der Waals surface area contributed by atoms with E-state index in [1.165, 1.54) is 30.5 Å². The van der Waals surface area contributed by atoms with Crippen molar-refractivity contribution in [2.24, 2.45) is 5.84 Å². The van der Waals surface area contributed by atoms with Crippen LogP contribution in [0.2, 0.25) is 0 Å². The number of nitrogens with zero attached hydrogens (tertiary/aromatic N) is 5. The van der Waals surface area contributed by atoms with Gasteiger partial charge in [-0.15, -0.1) is 0 Å². The maximum Gasteiger partial charge on any atom is 0.186 e. The second-order valence-corrected chi connectivity index (χ2v) is 10.3. The van der Waals surface area contributed by atoms with Gasteiger partial charge < -0.3 is 20.9 Å². The summed E-state index contributed by atoms with van der Waals surface area (Å²) in [4.78, 5) is 13.1. The predicted molar refractivity (Wildman–Crippen MR) is 127 cm³/mol. The van der Waals surface area contributed by atoms with E-state index < -0.39 is 0 Å². The van der Waals surface area contributed by atoms with Crippen LogP contribution in [0.5, 0.6) is 0 Å². The molecule has 10 heteroatoms. The lowest BCUT2D eigenvalue weighted by molar-refractivity contribution is 0.514. The number of rotatable bonds is 9. The smallest absolute Gasteiger partial charge is 0.186 e. The van der Waals surface area contributed by atoms with Crippen LogP contribution in [0.15, 0.2) is 43.1 Å². The van der Waals surface area contributed by atoms with Crippen molar-refractivity contribution in [3.63, 3.8) is 0 Å². The average molecular weight is 437 g/mol. The van der Waals surface area contributed by atoms with Crippen LogP contribution in [0.4, 0.5) is 11.6 Å². The number of nitrogen functional groups attached to an aromatic ring is 1. The van der Waals surface area contributed by atoms with Gasteiger partial charge in [-0.3, -0.25) is 5.01 Å². The van der Waals surface area contributed by atoms with Crippen LogP contribution in [-0.2, 0) is 6.54 Å². The van der Waals surface area contributed by atoms with Crippen LogP contribution >= 0.6 is 7.92 Å². The summed E-state index contributed by atoms with van der Waals surface area (Å²) < 4.78 is 1.93. The topological polar surface area (TPSA) is 134 Å². The molecule has 9 nitrogen and oxygen atoms in total. The quantitative estimate of drug-likeness (QED) is 0.175. The molecule has 1 aliphatic carbocycles. The highest BCUT2D eigenvalue weighted by Gasteiger charge is 2.22. The minimum absolute atomic E-state index is 0.0405.